The van der Waals surface area contributed by atoms with E-state index in [0.29, 0.717) is 0 Å². The monoisotopic (exact) mass is 241 g/mol. The molecule has 1 rings (SSSR count). The maximum atomic E-state index is 10.4. The molecule has 0 atom stereocenters. The van der Waals surface area contributed by atoms with E-state index in [2.05, 4.69) is 5.32 Å². The lowest BCUT2D eigenvalue weighted by molar-refractivity contribution is -0.133. The highest BCUT2D eigenvalue weighted by molar-refractivity contribution is 5.93. The van der Waals surface area contributed by atoms with Crippen LogP contribution in [0, 0.1) is 0 Å². The number of carboxylic acid groups (broad SMARTS) is 2. The second-order valence-corrected chi connectivity index (χ2v) is 2.29. The molecule has 0 aromatic heterocycles. The minimum atomic E-state index is -1.10. The van der Waals surface area contributed by atoms with Crippen LogP contribution in [0.4, 0.5) is 0 Å². The largest absolute Gasteiger partial charge is 0.478 e. The molecule has 0 saturated heterocycles. The lowest BCUT2D eigenvalue weighted by atomic mass is 10.1. The summed E-state index contributed by atoms with van der Waals surface area (Å²) in [4.78, 5) is 20.8. The van der Waals surface area contributed by atoms with Gasteiger partial charge in [0.2, 0.25) is 0 Å². The van der Waals surface area contributed by atoms with Crippen molar-refractivity contribution in [2.45, 2.75) is 6.42 Å². The molecule has 1 aliphatic rings. The highest BCUT2D eigenvalue weighted by Crippen LogP contribution is 2.13. The molecule has 3 N–H and O–H groups in total. The van der Waals surface area contributed by atoms with E-state index in [4.69, 9.17) is 10.2 Å². The summed E-state index contributed by atoms with van der Waals surface area (Å²) >= 11 is 0. The molecule has 0 saturated carbocycles. The van der Waals surface area contributed by atoms with Crippen molar-refractivity contribution in [3.63, 3.8) is 0 Å². The summed E-state index contributed by atoms with van der Waals surface area (Å²) in [5, 5.41) is 19.5. The summed E-state index contributed by atoms with van der Waals surface area (Å²) in [7, 11) is 0. The van der Waals surface area contributed by atoms with Crippen LogP contribution in [0.5, 0.6) is 0 Å². The van der Waals surface area contributed by atoms with E-state index in [-0.39, 0.29) is 42.4 Å². The number of rotatable bonds is 2. The van der Waals surface area contributed by atoms with Crippen LogP contribution in [0.1, 0.15) is 6.42 Å². The number of halogens is 2. The molecule has 0 spiro atoms. The maximum Gasteiger partial charge on any atom is 0.333 e. The van der Waals surface area contributed by atoms with Crippen LogP contribution < -0.4 is 5.32 Å². The lowest BCUT2D eigenvalue weighted by Crippen LogP contribution is -2.16. The van der Waals surface area contributed by atoms with E-state index >= 15 is 0 Å². The van der Waals surface area contributed by atoms with Crippen molar-refractivity contribution in [1.29, 1.82) is 0 Å². The highest BCUT2D eigenvalue weighted by atomic mass is 35.5. The molecule has 0 fully saturated rings. The fourth-order valence-corrected chi connectivity index (χ4v) is 0.825. The molecule has 1 heterocycles. The first-order chi connectivity index (χ1) is 5.61. The van der Waals surface area contributed by atoms with Gasteiger partial charge in [0.15, 0.2) is 0 Å². The molecule has 0 amide bonds. The fraction of sp³-hybridized carbons (Fsp3) is 0.143. The van der Waals surface area contributed by atoms with Gasteiger partial charge in [-0.1, -0.05) is 0 Å². The number of dihydropyridines is 1. The quantitative estimate of drug-likeness (QED) is 0.665. The summed E-state index contributed by atoms with van der Waals surface area (Å²) in [6.45, 7) is 0. The van der Waals surface area contributed by atoms with Gasteiger partial charge in [-0.2, -0.15) is 0 Å². The first-order valence-electron chi connectivity index (χ1n) is 3.22. The van der Waals surface area contributed by atoms with Gasteiger partial charge < -0.3 is 15.5 Å². The Kier molecular flexibility index (Phi) is 6.86. The summed E-state index contributed by atoms with van der Waals surface area (Å²) in [5.74, 6) is -2.20. The molecule has 1 aliphatic heterocycles. The average Bonchev–Trinajstić information content (AvgIpc) is 2.04. The van der Waals surface area contributed by atoms with Gasteiger partial charge in [-0.25, -0.2) is 9.59 Å². The van der Waals surface area contributed by atoms with E-state index in [1.54, 1.807) is 0 Å². The molecular weight excluding hydrogens is 233 g/mol. The topological polar surface area (TPSA) is 86.6 Å². The average molecular weight is 242 g/mol. The first kappa shape index (κ1) is 15.3. The predicted octanol–water partition coefficient (Wildman–Crippen LogP) is 0.760. The Bertz CT molecular complexity index is 270. The molecule has 5 nitrogen and oxygen atoms in total. The SMILES string of the molecule is Cl.Cl.O=C(O)C1=CNC=C(C(=O)O)C1. The van der Waals surface area contributed by atoms with Gasteiger partial charge in [0.05, 0.1) is 11.1 Å². The summed E-state index contributed by atoms with van der Waals surface area (Å²) in [6, 6.07) is 0. The highest BCUT2D eigenvalue weighted by Gasteiger charge is 2.17. The Labute approximate surface area is 92.3 Å². The van der Waals surface area contributed by atoms with Crippen molar-refractivity contribution in [3.8, 4) is 0 Å². The van der Waals surface area contributed by atoms with Gasteiger partial charge in [0, 0.05) is 18.8 Å². The number of hydrogen-bond acceptors (Lipinski definition) is 3. The number of hydrogen-bond donors (Lipinski definition) is 3. The van der Waals surface area contributed by atoms with E-state index < -0.39 is 11.9 Å². The van der Waals surface area contributed by atoms with Crippen molar-refractivity contribution in [3.05, 3.63) is 23.5 Å². The molecule has 0 unspecified atom stereocenters. The van der Waals surface area contributed by atoms with Crippen molar-refractivity contribution in [2.75, 3.05) is 0 Å². The molecule has 0 aromatic rings. The second-order valence-electron chi connectivity index (χ2n) is 2.29. The summed E-state index contributed by atoms with van der Waals surface area (Å²) in [5.41, 5.74) is 0.102. The Morgan fingerprint density at radius 3 is 1.71 bits per heavy atom. The normalized spacial score (nSPS) is 13.4. The minimum Gasteiger partial charge on any atom is -0.478 e. The zero-order valence-electron chi connectivity index (χ0n) is 6.89. The van der Waals surface area contributed by atoms with E-state index in [1.807, 2.05) is 0 Å². The molecule has 0 bridgehead atoms. The van der Waals surface area contributed by atoms with Crippen molar-refractivity contribution in [1.82, 2.24) is 5.32 Å². The van der Waals surface area contributed by atoms with Crippen LogP contribution in [0.3, 0.4) is 0 Å². The maximum absolute atomic E-state index is 10.4. The molecule has 0 aliphatic carbocycles. The number of carboxylic acids is 2. The molecule has 14 heavy (non-hydrogen) atoms. The number of carbonyl (C=O) groups is 2. The third-order valence-electron chi connectivity index (χ3n) is 1.45. The Morgan fingerprint density at radius 2 is 1.43 bits per heavy atom. The second kappa shape index (κ2) is 6.28. The minimum absolute atomic E-state index is 0. The van der Waals surface area contributed by atoms with E-state index in [0.717, 1.165) is 0 Å². The van der Waals surface area contributed by atoms with Crippen molar-refractivity contribution >= 4 is 36.8 Å². The molecule has 7 heteroatoms. The van der Waals surface area contributed by atoms with Crippen LogP contribution in [-0.4, -0.2) is 22.2 Å². The van der Waals surface area contributed by atoms with Gasteiger partial charge in [0.25, 0.3) is 0 Å². The smallest absolute Gasteiger partial charge is 0.333 e. The third kappa shape index (κ3) is 3.68. The van der Waals surface area contributed by atoms with Gasteiger partial charge in [-0.3, -0.25) is 0 Å². The Morgan fingerprint density at radius 1 is 1.07 bits per heavy atom. The van der Waals surface area contributed by atoms with E-state index in [1.165, 1.54) is 12.4 Å². The number of nitrogens with one attached hydrogen (secondary N) is 1. The zero-order valence-corrected chi connectivity index (χ0v) is 8.52. The van der Waals surface area contributed by atoms with Gasteiger partial charge in [-0.15, -0.1) is 24.8 Å². The Hall–Kier alpha value is -1.20. The van der Waals surface area contributed by atoms with Crippen molar-refractivity contribution in [2.24, 2.45) is 0 Å². The summed E-state index contributed by atoms with van der Waals surface area (Å²) in [6.07, 6.45) is 2.50. The fourth-order valence-electron chi connectivity index (χ4n) is 0.825. The lowest BCUT2D eigenvalue weighted by Gasteiger charge is -2.08. The zero-order chi connectivity index (χ0) is 9.14. The van der Waals surface area contributed by atoms with E-state index in [9.17, 15) is 9.59 Å². The molecule has 0 aromatic carbocycles. The van der Waals surface area contributed by atoms with Crippen LogP contribution >= 0.6 is 24.8 Å². The molecule has 80 valence electrons. The first-order valence-corrected chi connectivity index (χ1v) is 3.22. The molecule has 0 radical (unpaired) electrons. The van der Waals surface area contributed by atoms with Crippen LogP contribution in [0.2, 0.25) is 0 Å². The van der Waals surface area contributed by atoms with Gasteiger partial charge >= 0.3 is 11.9 Å². The molecular formula is C7H9Cl2NO4. The van der Waals surface area contributed by atoms with Crippen LogP contribution in [-0.2, 0) is 9.59 Å². The van der Waals surface area contributed by atoms with Gasteiger partial charge in [0.1, 0.15) is 0 Å². The third-order valence-corrected chi connectivity index (χ3v) is 1.45. The van der Waals surface area contributed by atoms with Gasteiger partial charge in [-0.05, 0) is 0 Å². The Balaban J connectivity index is 0. The van der Waals surface area contributed by atoms with Crippen LogP contribution in [0.25, 0.3) is 0 Å². The van der Waals surface area contributed by atoms with Crippen molar-refractivity contribution < 1.29 is 19.8 Å². The van der Waals surface area contributed by atoms with Crippen LogP contribution in [0.15, 0.2) is 23.5 Å². The predicted molar refractivity (Wildman–Crippen MR) is 53.7 cm³/mol. The summed E-state index contributed by atoms with van der Waals surface area (Å²) < 4.78 is 0. The standard InChI is InChI=1S/C7H7NO4.2ClH/c9-6(10)4-1-5(7(11)12)3-8-2-4;;/h2-3,8H,1H2,(H,9,10)(H,11,12);2*1H. The number of aliphatic carboxylic acids is 2.